The Morgan fingerprint density at radius 2 is 1.73 bits per heavy atom. The van der Waals surface area contributed by atoms with Crippen molar-refractivity contribution in [3.05, 3.63) is 72.8 Å². The van der Waals surface area contributed by atoms with Crippen molar-refractivity contribution in [2.24, 2.45) is 0 Å². The maximum Gasteiger partial charge on any atom is 0.132 e. The number of benzene rings is 2. The molecule has 0 saturated carbocycles. The van der Waals surface area contributed by atoms with E-state index in [-0.39, 0.29) is 0 Å². The fourth-order valence-electron chi connectivity index (χ4n) is 2.55. The molecule has 0 aliphatic carbocycles. The van der Waals surface area contributed by atoms with Crippen LogP contribution in [0.1, 0.15) is 18.1 Å². The summed E-state index contributed by atoms with van der Waals surface area (Å²) in [4.78, 5) is 16.9. The van der Waals surface area contributed by atoms with E-state index in [2.05, 4.69) is 26.4 Å². The van der Waals surface area contributed by atoms with Crippen molar-refractivity contribution in [2.45, 2.75) is 12.8 Å². The van der Waals surface area contributed by atoms with E-state index in [9.17, 15) is 0 Å². The molecule has 4 heteroatoms. The fraction of sp³-hybridized carbons (Fsp3) is 0.111. The Labute approximate surface area is 128 Å². The van der Waals surface area contributed by atoms with Gasteiger partial charge in [-0.05, 0) is 24.6 Å². The second kappa shape index (κ2) is 5.56. The lowest BCUT2D eigenvalue weighted by Gasteiger charge is -2.01. The lowest BCUT2D eigenvalue weighted by molar-refractivity contribution is 0.863. The van der Waals surface area contributed by atoms with Gasteiger partial charge in [-0.3, -0.25) is 0 Å². The van der Waals surface area contributed by atoms with Crippen LogP contribution in [0, 0.1) is 6.42 Å². The Bertz CT molecular complexity index is 893. The Morgan fingerprint density at radius 3 is 2.64 bits per heavy atom. The van der Waals surface area contributed by atoms with Gasteiger partial charge in [0.15, 0.2) is 0 Å². The third-order valence-corrected chi connectivity index (χ3v) is 3.65. The number of nitrogens with one attached hydrogen (secondary N) is 1. The Balaban J connectivity index is 1.45. The summed E-state index contributed by atoms with van der Waals surface area (Å²) in [5.41, 5.74) is 3.08. The van der Waals surface area contributed by atoms with Crippen molar-refractivity contribution in [3.8, 4) is 0 Å². The van der Waals surface area contributed by atoms with Crippen molar-refractivity contribution in [1.82, 2.24) is 19.9 Å². The lowest BCUT2D eigenvalue weighted by atomic mass is 10.2. The highest BCUT2D eigenvalue weighted by atomic mass is 14.9. The second-order valence-electron chi connectivity index (χ2n) is 5.23. The standard InChI is InChI=1S/C18H15N4/c1-2-7-14-13(6-1)12-19-17(20-14)10-5-11-18-21-15-8-3-4-9-16(15)22-18/h1-4,6-10,12H,5,11H2,(H,21,22). The molecule has 0 atom stereocenters. The van der Waals surface area contributed by atoms with Crippen LogP contribution in [-0.2, 0) is 6.42 Å². The number of hydrogen-bond donors (Lipinski definition) is 1. The SMILES string of the molecule is [CH](CCc1nc2ccccc2[nH]1)c1ncc2ccccc2n1. The first kappa shape index (κ1) is 13.0. The average Bonchev–Trinajstić information content (AvgIpc) is 2.97. The number of para-hydroxylation sites is 3. The van der Waals surface area contributed by atoms with Crippen LogP contribution in [0.25, 0.3) is 21.9 Å². The first-order chi connectivity index (χ1) is 10.9. The molecular weight excluding hydrogens is 272 g/mol. The van der Waals surface area contributed by atoms with Crippen molar-refractivity contribution in [1.29, 1.82) is 0 Å². The summed E-state index contributed by atoms with van der Waals surface area (Å²) in [5.74, 6) is 1.77. The maximum absolute atomic E-state index is 4.58. The van der Waals surface area contributed by atoms with Gasteiger partial charge in [0.25, 0.3) is 0 Å². The van der Waals surface area contributed by atoms with E-state index in [1.807, 2.05) is 54.7 Å². The van der Waals surface area contributed by atoms with Gasteiger partial charge in [0, 0.05) is 24.4 Å². The molecule has 0 aliphatic heterocycles. The number of aryl methyl sites for hydroxylation is 1. The zero-order valence-corrected chi connectivity index (χ0v) is 12.0. The Kier molecular flexibility index (Phi) is 3.27. The van der Waals surface area contributed by atoms with E-state index < -0.39 is 0 Å². The number of H-pyrrole nitrogens is 1. The predicted molar refractivity (Wildman–Crippen MR) is 87.4 cm³/mol. The number of imidazole rings is 1. The van der Waals surface area contributed by atoms with Crippen molar-refractivity contribution in [3.63, 3.8) is 0 Å². The largest absolute Gasteiger partial charge is 0.342 e. The highest BCUT2D eigenvalue weighted by Crippen LogP contribution is 2.14. The molecule has 2 aromatic heterocycles. The molecular formula is C18H15N4. The van der Waals surface area contributed by atoms with Crippen LogP contribution in [0.15, 0.2) is 54.7 Å². The number of aromatic nitrogens is 4. The molecule has 1 radical (unpaired) electrons. The molecule has 4 rings (SSSR count). The van der Waals surface area contributed by atoms with Crippen molar-refractivity contribution < 1.29 is 0 Å². The number of nitrogens with zero attached hydrogens (tertiary/aromatic N) is 3. The topological polar surface area (TPSA) is 54.5 Å². The zero-order valence-electron chi connectivity index (χ0n) is 12.0. The monoisotopic (exact) mass is 287 g/mol. The van der Waals surface area contributed by atoms with E-state index in [1.165, 1.54) is 0 Å². The van der Waals surface area contributed by atoms with Crippen LogP contribution in [0.5, 0.6) is 0 Å². The smallest absolute Gasteiger partial charge is 0.132 e. The van der Waals surface area contributed by atoms with Crippen LogP contribution in [-0.4, -0.2) is 19.9 Å². The third-order valence-electron chi connectivity index (χ3n) is 3.65. The molecule has 22 heavy (non-hydrogen) atoms. The minimum atomic E-state index is 0.773. The average molecular weight is 287 g/mol. The Morgan fingerprint density at radius 1 is 0.909 bits per heavy atom. The van der Waals surface area contributed by atoms with Gasteiger partial charge in [0.05, 0.1) is 16.6 Å². The summed E-state index contributed by atoms with van der Waals surface area (Å²) in [5, 5.41) is 1.07. The number of aromatic amines is 1. The van der Waals surface area contributed by atoms with Crippen molar-refractivity contribution >= 4 is 21.9 Å². The van der Waals surface area contributed by atoms with Gasteiger partial charge < -0.3 is 4.98 Å². The molecule has 0 saturated heterocycles. The molecule has 0 bridgehead atoms. The number of hydrogen-bond acceptors (Lipinski definition) is 3. The van der Waals surface area contributed by atoms with Crippen LogP contribution < -0.4 is 0 Å². The summed E-state index contributed by atoms with van der Waals surface area (Å²) in [7, 11) is 0. The minimum absolute atomic E-state index is 0.773. The van der Waals surface area contributed by atoms with Gasteiger partial charge in [-0.25, -0.2) is 15.0 Å². The molecule has 2 aromatic carbocycles. The fourth-order valence-corrected chi connectivity index (χ4v) is 2.55. The van der Waals surface area contributed by atoms with E-state index in [0.29, 0.717) is 0 Å². The zero-order chi connectivity index (χ0) is 14.8. The van der Waals surface area contributed by atoms with Gasteiger partial charge in [-0.2, -0.15) is 0 Å². The molecule has 4 nitrogen and oxygen atoms in total. The number of fused-ring (bicyclic) bond motifs is 2. The van der Waals surface area contributed by atoms with E-state index >= 15 is 0 Å². The summed E-state index contributed by atoms with van der Waals surface area (Å²) in [6.45, 7) is 0. The maximum atomic E-state index is 4.58. The molecule has 2 heterocycles. The first-order valence-corrected chi connectivity index (χ1v) is 7.37. The lowest BCUT2D eigenvalue weighted by Crippen LogP contribution is -1.96. The van der Waals surface area contributed by atoms with E-state index in [4.69, 9.17) is 0 Å². The second-order valence-corrected chi connectivity index (χ2v) is 5.23. The summed E-state index contributed by atoms with van der Waals surface area (Å²) < 4.78 is 0. The highest BCUT2D eigenvalue weighted by molar-refractivity contribution is 5.77. The third kappa shape index (κ3) is 2.55. The molecule has 1 N–H and O–H groups in total. The van der Waals surface area contributed by atoms with E-state index in [0.717, 1.165) is 46.4 Å². The van der Waals surface area contributed by atoms with E-state index in [1.54, 1.807) is 0 Å². The van der Waals surface area contributed by atoms with Crippen LogP contribution >= 0.6 is 0 Å². The molecule has 0 unspecified atom stereocenters. The van der Waals surface area contributed by atoms with Gasteiger partial charge in [-0.1, -0.05) is 30.3 Å². The van der Waals surface area contributed by atoms with Crippen LogP contribution in [0.3, 0.4) is 0 Å². The van der Waals surface area contributed by atoms with Crippen LogP contribution in [0.2, 0.25) is 0 Å². The van der Waals surface area contributed by atoms with Crippen LogP contribution in [0.4, 0.5) is 0 Å². The molecule has 0 amide bonds. The summed E-state index contributed by atoms with van der Waals surface area (Å²) in [6.07, 6.45) is 5.64. The molecule has 0 aliphatic rings. The molecule has 4 aromatic rings. The van der Waals surface area contributed by atoms with Crippen molar-refractivity contribution in [2.75, 3.05) is 0 Å². The predicted octanol–water partition coefficient (Wildman–Crippen LogP) is 3.69. The first-order valence-electron chi connectivity index (χ1n) is 7.37. The molecule has 107 valence electrons. The quantitative estimate of drug-likeness (QED) is 0.623. The van der Waals surface area contributed by atoms with Gasteiger partial charge in [0.2, 0.25) is 0 Å². The molecule has 0 fully saturated rings. The van der Waals surface area contributed by atoms with Gasteiger partial charge in [-0.15, -0.1) is 0 Å². The highest BCUT2D eigenvalue weighted by Gasteiger charge is 2.04. The summed E-state index contributed by atoms with van der Waals surface area (Å²) >= 11 is 0. The number of rotatable bonds is 4. The normalized spacial score (nSPS) is 11.3. The molecule has 0 spiro atoms. The summed E-state index contributed by atoms with van der Waals surface area (Å²) in [6, 6.07) is 16.1. The Hall–Kier alpha value is -2.75. The minimum Gasteiger partial charge on any atom is -0.342 e. The van der Waals surface area contributed by atoms with Gasteiger partial charge >= 0.3 is 0 Å². The van der Waals surface area contributed by atoms with Gasteiger partial charge in [0.1, 0.15) is 11.6 Å².